The van der Waals surface area contributed by atoms with Gasteiger partial charge in [-0.3, -0.25) is 5.10 Å². The van der Waals surface area contributed by atoms with Crippen molar-refractivity contribution in [3.63, 3.8) is 0 Å². The molecular weight excluding hydrogens is 240 g/mol. The van der Waals surface area contributed by atoms with Crippen molar-refractivity contribution in [2.75, 3.05) is 11.9 Å². The Labute approximate surface area is 112 Å². The van der Waals surface area contributed by atoms with E-state index in [1.54, 1.807) is 0 Å². The Hall–Kier alpha value is -1.98. The van der Waals surface area contributed by atoms with Gasteiger partial charge in [-0.25, -0.2) is 15.0 Å². The zero-order valence-electron chi connectivity index (χ0n) is 11.3. The first kappa shape index (κ1) is 12.1. The number of rotatable bonds is 3. The average molecular weight is 258 g/mol. The molecule has 6 heteroatoms. The number of hydrogen-bond acceptors (Lipinski definition) is 5. The molecule has 2 aromatic rings. The fraction of sp³-hybridized carbons (Fsp3) is 0.538. The molecule has 3 rings (SSSR count). The van der Waals surface area contributed by atoms with Crippen LogP contribution in [0.1, 0.15) is 35.7 Å². The Morgan fingerprint density at radius 3 is 2.89 bits per heavy atom. The van der Waals surface area contributed by atoms with Gasteiger partial charge in [-0.2, -0.15) is 5.10 Å². The summed E-state index contributed by atoms with van der Waals surface area (Å²) in [5.41, 5.74) is 2.53. The van der Waals surface area contributed by atoms with E-state index in [-0.39, 0.29) is 0 Å². The van der Waals surface area contributed by atoms with Gasteiger partial charge in [0.2, 0.25) is 0 Å². The van der Waals surface area contributed by atoms with Crippen LogP contribution < -0.4 is 4.90 Å². The molecule has 0 bridgehead atoms. The van der Waals surface area contributed by atoms with E-state index in [4.69, 9.17) is 0 Å². The van der Waals surface area contributed by atoms with Crippen molar-refractivity contribution >= 4 is 5.82 Å². The third-order valence-electron chi connectivity index (χ3n) is 3.49. The number of nitrogens with one attached hydrogen (secondary N) is 1. The monoisotopic (exact) mass is 258 g/mol. The quantitative estimate of drug-likeness (QED) is 0.901. The summed E-state index contributed by atoms with van der Waals surface area (Å²) in [7, 11) is 2.04. The summed E-state index contributed by atoms with van der Waals surface area (Å²) >= 11 is 0. The molecule has 0 amide bonds. The standard InChI is InChI=1S/C13H18N6/c1-9-16-11-6-4-3-5-10(11)13(17-9)19(2)7-12-14-8-15-18-12/h8H,3-7H2,1-2H3,(H,14,15,18). The van der Waals surface area contributed by atoms with Crippen LogP contribution in [0.25, 0.3) is 0 Å². The summed E-state index contributed by atoms with van der Waals surface area (Å²) in [4.78, 5) is 15.5. The summed E-state index contributed by atoms with van der Waals surface area (Å²) < 4.78 is 0. The minimum Gasteiger partial charge on any atom is -0.352 e. The maximum absolute atomic E-state index is 4.62. The molecular formula is C13H18N6. The van der Waals surface area contributed by atoms with Crippen molar-refractivity contribution in [1.82, 2.24) is 25.1 Å². The van der Waals surface area contributed by atoms with E-state index in [1.807, 2.05) is 14.0 Å². The van der Waals surface area contributed by atoms with Gasteiger partial charge in [0.25, 0.3) is 0 Å². The van der Waals surface area contributed by atoms with E-state index in [1.165, 1.54) is 30.4 Å². The van der Waals surface area contributed by atoms with Crippen LogP contribution in [0.3, 0.4) is 0 Å². The van der Waals surface area contributed by atoms with Crippen LogP contribution in [0.4, 0.5) is 5.82 Å². The van der Waals surface area contributed by atoms with Gasteiger partial charge >= 0.3 is 0 Å². The average Bonchev–Trinajstić information content (AvgIpc) is 2.90. The van der Waals surface area contributed by atoms with Crippen molar-refractivity contribution in [2.45, 2.75) is 39.2 Å². The maximum atomic E-state index is 4.62. The number of H-pyrrole nitrogens is 1. The topological polar surface area (TPSA) is 70.6 Å². The van der Waals surface area contributed by atoms with Crippen LogP contribution in [0.2, 0.25) is 0 Å². The molecule has 0 aromatic carbocycles. The Morgan fingerprint density at radius 1 is 1.26 bits per heavy atom. The van der Waals surface area contributed by atoms with Crippen LogP contribution in [0.5, 0.6) is 0 Å². The largest absolute Gasteiger partial charge is 0.352 e. The van der Waals surface area contributed by atoms with Crippen molar-refractivity contribution in [3.05, 3.63) is 29.2 Å². The molecule has 1 aliphatic carbocycles. The first-order valence-electron chi connectivity index (χ1n) is 6.66. The lowest BCUT2D eigenvalue weighted by molar-refractivity contribution is 0.652. The van der Waals surface area contributed by atoms with Crippen molar-refractivity contribution < 1.29 is 0 Å². The lowest BCUT2D eigenvalue weighted by Crippen LogP contribution is -2.23. The fourth-order valence-electron chi connectivity index (χ4n) is 2.62. The molecule has 0 saturated carbocycles. The van der Waals surface area contributed by atoms with Gasteiger partial charge in [0.15, 0.2) is 0 Å². The van der Waals surface area contributed by atoms with Crippen LogP contribution in [-0.2, 0) is 19.4 Å². The molecule has 0 saturated heterocycles. The van der Waals surface area contributed by atoms with Gasteiger partial charge in [0, 0.05) is 18.3 Å². The van der Waals surface area contributed by atoms with Gasteiger partial charge in [-0.15, -0.1) is 0 Å². The number of aromatic nitrogens is 5. The number of anilines is 1. The molecule has 2 aromatic heterocycles. The Morgan fingerprint density at radius 2 is 2.11 bits per heavy atom. The third kappa shape index (κ3) is 2.43. The molecule has 19 heavy (non-hydrogen) atoms. The van der Waals surface area contributed by atoms with Crippen molar-refractivity contribution in [2.24, 2.45) is 0 Å². The van der Waals surface area contributed by atoms with E-state index in [2.05, 4.69) is 30.0 Å². The summed E-state index contributed by atoms with van der Waals surface area (Å²) in [5, 5.41) is 6.76. The van der Waals surface area contributed by atoms with Gasteiger partial charge in [-0.1, -0.05) is 0 Å². The highest BCUT2D eigenvalue weighted by atomic mass is 15.2. The summed E-state index contributed by atoms with van der Waals surface area (Å²) in [6.07, 6.45) is 6.13. The highest BCUT2D eigenvalue weighted by Crippen LogP contribution is 2.27. The second kappa shape index (κ2) is 4.95. The Kier molecular flexibility index (Phi) is 3.15. The van der Waals surface area contributed by atoms with E-state index < -0.39 is 0 Å². The maximum Gasteiger partial charge on any atom is 0.143 e. The predicted molar refractivity (Wildman–Crippen MR) is 71.9 cm³/mol. The van der Waals surface area contributed by atoms with E-state index in [0.717, 1.165) is 30.3 Å². The smallest absolute Gasteiger partial charge is 0.143 e. The molecule has 2 heterocycles. The molecule has 6 nitrogen and oxygen atoms in total. The minimum absolute atomic E-state index is 0.683. The summed E-state index contributed by atoms with van der Waals surface area (Å²) in [6.45, 7) is 2.64. The van der Waals surface area contributed by atoms with Crippen molar-refractivity contribution in [1.29, 1.82) is 0 Å². The first-order valence-corrected chi connectivity index (χ1v) is 6.66. The first-order chi connectivity index (χ1) is 9.24. The van der Waals surface area contributed by atoms with E-state index in [9.17, 15) is 0 Å². The molecule has 0 radical (unpaired) electrons. The van der Waals surface area contributed by atoms with E-state index >= 15 is 0 Å². The minimum atomic E-state index is 0.683. The number of nitrogens with zero attached hydrogens (tertiary/aromatic N) is 5. The third-order valence-corrected chi connectivity index (χ3v) is 3.49. The normalized spacial score (nSPS) is 14.2. The van der Waals surface area contributed by atoms with Crippen molar-refractivity contribution in [3.8, 4) is 0 Å². The highest BCUT2D eigenvalue weighted by molar-refractivity contribution is 5.49. The zero-order chi connectivity index (χ0) is 13.2. The van der Waals surface area contributed by atoms with E-state index in [0.29, 0.717) is 6.54 Å². The lowest BCUT2D eigenvalue weighted by atomic mass is 9.96. The number of hydrogen-bond donors (Lipinski definition) is 1. The fourth-order valence-corrected chi connectivity index (χ4v) is 2.62. The van der Waals surface area contributed by atoms with Crippen LogP contribution in [-0.4, -0.2) is 32.2 Å². The Bertz CT molecular complexity index is 563. The zero-order valence-corrected chi connectivity index (χ0v) is 11.3. The number of fused-ring (bicyclic) bond motifs is 1. The molecule has 100 valence electrons. The lowest BCUT2D eigenvalue weighted by Gasteiger charge is -2.24. The summed E-state index contributed by atoms with van der Waals surface area (Å²) in [6, 6.07) is 0. The van der Waals surface area contributed by atoms with Crippen LogP contribution >= 0.6 is 0 Å². The molecule has 0 unspecified atom stereocenters. The van der Waals surface area contributed by atoms with Gasteiger partial charge in [0.1, 0.15) is 23.8 Å². The SMILES string of the molecule is Cc1nc2c(c(N(C)Cc3ncn[nH]3)n1)CCCC2. The molecule has 0 spiro atoms. The molecule has 0 aliphatic heterocycles. The van der Waals surface area contributed by atoms with Gasteiger partial charge in [0.05, 0.1) is 6.54 Å². The summed E-state index contributed by atoms with van der Waals surface area (Å²) in [5.74, 6) is 2.74. The second-order valence-electron chi connectivity index (χ2n) is 5.02. The Balaban J connectivity index is 1.92. The van der Waals surface area contributed by atoms with Gasteiger partial charge < -0.3 is 4.90 Å². The predicted octanol–water partition coefficient (Wildman–Crippen LogP) is 1.42. The highest BCUT2D eigenvalue weighted by Gasteiger charge is 2.19. The molecule has 1 aliphatic rings. The van der Waals surface area contributed by atoms with Gasteiger partial charge in [-0.05, 0) is 32.6 Å². The molecule has 0 atom stereocenters. The number of aromatic amines is 1. The number of aryl methyl sites for hydroxylation is 2. The van der Waals surface area contributed by atoms with Crippen LogP contribution in [0.15, 0.2) is 6.33 Å². The molecule has 1 N–H and O–H groups in total. The van der Waals surface area contributed by atoms with Crippen LogP contribution in [0, 0.1) is 6.92 Å². The second-order valence-corrected chi connectivity index (χ2v) is 5.02. The molecule has 0 fully saturated rings.